The van der Waals surface area contributed by atoms with E-state index in [0.717, 1.165) is 0 Å². The van der Waals surface area contributed by atoms with Crippen molar-refractivity contribution >= 4 is 5.78 Å². The van der Waals surface area contributed by atoms with E-state index in [0.29, 0.717) is 17.1 Å². The van der Waals surface area contributed by atoms with Gasteiger partial charge in [0.2, 0.25) is 17.4 Å². The third kappa shape index (κ3) is 1.92. The van der Waals surface area contributed by atoms with Crippen LogP contribution in [0.15, 0.2) is 29.8 Å². The van der Waals surface area contributed by atoms with Crippen molar-refractivity contribution in [3.8, 4) is 11.5 Å². The highest BCUT2D eigenvalue weighted by Gasteiger charge is 2.35. The lowest BCUT2D eigenvalue weighted by Crippen LogP contribution is -2.10. The van der Waals surface area contributed by atoms with Gasteiger partial charge in [-0.3, -0.25) is 4.79 Å². The summed E-state index contributed by atoms with van der Waals surface area (Å²) in [7, 11) is 3.00. The first-order valence-corrected chi connectivity index (χ1v) is 5.19. The summed E-state index contributed by atoms with van der Waals surface area (Å²) in [6, 6.07) is 4.91. The molecule has 1 aromatic rings. The molecule has 1 aliphatic heterocycles. The summed E-state index contributed by atoms with van der Waals surface area (Å²) in [5.41, 5.74) is 5.86. The molecular weight excluding hydrogens is 238 g/mol. The van der Waals surface area contributed by atoms with Gasteiger partial charge in [0.15, 0.2) is 6.10 Å². The Bertz CT molecular complexity index is 501. The lowest BCUT2D eigenvalue weighted by Gasteiger charge is -2.13. The molecule has 0 bridgehead atoms. The molecule has 1 unspecified atom stereocenters. The molecule has 1 heterocycles. The molecule has 0 spiro atoms. The summed E-state index contributed by atoms with van der Waals surface area (Å²) in [6.07, 6.45) is -0.964. The van der Waals surface area contributed by atoms with Gasteiger partial charge in [-0.15, -0.1) is 0 Å². The van der Waals surface area contributed by atoms with E-state index in [-0.39, 0.29) is 5.88 Å². The molecule has 96 valence electrons. The van der Waals surface area contributed by atoms with Crippen molar-refractivity contribution in [2.45, 2.75) is 6.10 Å². The minimum Gasteiger partial charge on any atom is -0.501 e. The molecule has 18 heavy (non-hydrogen) atoms. The van der Waals surface area contributed by atoms with Gasteiger partial charge in [0.1, 0.15) is 11.5 Å². The molecule has 1 aliphatic rings. The van der Waals surface area contributed by atoms with Crippen LogP contribution in [0.4, 0.5) is 0 Å². The molecule has 3 N–H and O–H groups in total. The molecule has 0 saturated heterocycles. The van der Waals surface area contributed by atoms with Crippen molar-refractivity contribution in [2.75, 3.05) is 14.2 Å². The van der Waals surface area contributed by atoms with Crippen LogP contribution in [0.2, 0.25) is 0 Å². The number of Topliss-reactive ketones (excluding diaryl/α,β-unsaturated/α-hetero) is 1. The number of ketones is 1. The van der Waals surface area contributed by atoms with E-state index in [4.69, 9.17) is 19.9 Å². The average Bonchev–Trinajstić information content (AvgIpc) is 2.65. The largest absolute Gasteiger partial charge is 0.501 e. The maximum Gasteiger partial charge on any atom is 0.247 e. The highest BCUT2D eigenvalue weighted by atomic mass is 16.5. The number of aliphatic hydroxyl groups excluding tert-OH is 1. The minimum atomic E-state index is -0.964. The standard InChI is InChI=1S/C12H13NO5/c1-16-7-3-6(4-8(5-7)17-2)11-9(14)10(15)12(13)18-11/h3-5,11,15H,13H2,1-2H3. The van der Waals surface area contributed by atoms with Gasteiger partial charge in [0.25, 0.3) is 0 Å². The Morgan fingerprint density at radius 1 is 1.22 bits per heavy atom. The van der Waals surface area contributed by atoms with Crippen LogP contribution in [0.5, 0.6) is 11.5 Å². The smallest absolute Gasteiger partial charge is 0.247 e. The van der Waals surface area contributed by atoms with Crippen LogP contribution in [0.1, 0.15) is 11.7 Å². The number of methoxy groups -OCH3 is 2. The Labute approximate surface area is 104 Å². The van der Waals surface area contributed by atoms with Crippen LogP contribution in [-0.4, -0.2) is 25.1 Å². The van der Waals surface area contributed by atoms with Crippen LogP contribution in [0, 0.1) is 0 Å². The van der Waals surface area contributed by atoms with E-state index in [2.05, 4.69) is 0 Å². The summed E-state index contributed by atoms with van der Waals surface area (Å²) < 4.78 is 15.3. The Kier molecular flexibility index (Phi) is 3.01. The first kappa shape index (κ1) is 12.1. The monoisotopic (exact) mass is 251 g/mol. The number of rotatable bonds is 3. The van der Waals surface area contributed by atoms with Gasteiger partial charge in [-0.05, 0) is 12.1 Å². The van der Waals surface area contributed by atoms with Gasteiger partial charge in [-0.2, -0.15) is 0 Å². The van der Waals surface area contributed by atoms with Gasteiger partial charge in [0, 0.05) is 11.6 Å². The molecule has 1 atom stereocenters. The number of aliphatic hydroxyl groups is 1. The van der Waals surface area contributed by atoms with E-state index in [1.54, 1.807) is 18.2 Å². The number of hydrogen-bond acceptors (Lipinski definition) is 6. The molecule has 0 saturated carbocycles. The van der Waals surface area contributed by atoms with Crippen molar-refractivity contribution in [1.29, 1.82) is 0 Å². The number of carbonyl (C=O) groups is 1. The second-order valence-electron chi connectivity index (χ2n) is 3.72. The average molecular weight is 251 g/mol. The zero-order chi connectivity index (χ0) is 13.3. The van der Waals surface area contributed by atoms with Crippen molar-refractivity contribution in [1.82, 2.24) is 0 Å². The second-order valence-corrected chi connectivity index (χ2v) is 3.72. The number of ether oxygens (including phenoxy) is 3. The first-order chi connectivity index (χ1) is 8.56. The van der Waals surface area contributed by atoms with Gasteiger partial charge < -0.3 is 25.1 Å². The lowest BCUT2D eigenvalue weighted by atomic mass is 10.1. The summed E-state index contributed by atoms with van der Waals surface area (Å²) in [4.78, 5) is 11.7. The molecule has 1 aromatic carbocycles. The second kappa shape index (κ2) is 4.48. The molecule has 0 aliphatic carbocycles. The number of hydrogen-bond donors (Lipinski definition) is 2. The fraction of sp³-hybridized carbons (Fsp3) is 0.250. The van der Waals surface area contributed by atoms with Crippen LogP contribution >= 0.6 is 0 Å². The van der Waals surface area contributed by atoms with Crippen LogP contribution < -0.4 is 15.2 Å². The maximum atomic E-state index is 11.7. The van der Waals surface area contributed by atoms with E-state index in [1.807, 2.05) is 0 Å². The van der Waals surface area contributed by atoms with Crippen molar-refractivity contribution in [3.05, 3.63) is 35.4 Å². The zero-order valence-electron chi connectivity index (χ0n) is 9.97. The molecule has 0 fully saturated rings. The molecule has 2 rings (SSSR count). The molecule has 6 heteroatoms. The van der Waals surface area contributed by atoms with Gasteiger partial charge in [0.05, 0.1) is 14.2 Å². The van der Waals surface area contributed by atoms with Gasteiger partial charge in [-0.1, -0.05) is 0 Å². The quantitative estimate of drug-likeness (QED) is 0.833. The van der Waals surface area contributed by atoms with E-state index >= 15 is 0 Å². The van der Waals surface area contributed by atoms with Gasteiger partial charge in [-0.25, -0.2) is 0 Å². The molecule has 0 radical (unpaired) electrons. The fourth-order valence-corrected chi connectivity index (χ4v) is 1.68. The summed E-state index contributed by atoms with van der Waals surface area (Å²) >= 11 is 0. The molecule has 0 amide bonds. The van der Waals surface area contributed by atoms with E-state index in [9.17, 15) is 9.90 Å². The predicted octanol–water partition coefficient (Wildman–Crippen LogP) is 1.03. The SMILES string of the molecule is COc1cc(OC)cc(C2OC(N)=C(O)C2=O)c1. The third-order valence-corrected chi connectivity index (χ3v) is 2.63. The number of benzene rings is 1. The summed E-state index contributed by atoms with van der Waals surface area (Å²) in [5.74, 6) is -0.368. The molecule has 6 nitrogen and oxygen atoms in total. The fourth-order valence-electron chi connectivity index (χ4n) is 1.68. The Morgan fingerprint density at radius 3 is 2.17 bits per heavy atom. The summed E-state index contributed by atoms with van der Waals surface area (Å²) in [5, 5.41) is 9.37. The topological polar surface area (TPSA) is 91.0 Å². The Hall–Kier alpha value is -2.37. The van der Waals surface area contributed by atoms with E-state index < -0.39 is 17.6 Å². The lowest BCUT2D eigenvalue weighted by molar-refractivity contribution is -0.123. The maximum absolute atomic E-state index is 11.7. The van der Waals surface area contributed by atoms with E-state index in [1.165, 1.54) is 14.2 Å². The summed E-state index contributed by atoms with van der Waals surface area (Å²) in [6.45, 7) is 0. The van der Waals surface area contributed by atoms with Crippen molar-refractivity contribution in [3.63, 3.8) is 0 Å². The Balaban J connectivity index is 2.38. The highest BCUT2D eigenvalue weighted by Crippen LogP contribution is 2.34. The third-order valence-electron chi connectivity index (χ3n) is 2.63. The van der Waals surface area contributed by atoms with Crippen LogP contribution in [0.25, 0.3) is 0 Å². The van der Waals surface area contributed by atoms with Gasteiger partial charge >= 0.3 is 0 Å². The molecule has 0 aromatic heterocycles. The normalized spacial score (nSPS) is 18.8. The highest BCUT2D eigenvalue weighted by molar-refractivity contribution is 5.99. The number of nitrogens with two attached hydrogens (primary N) is 1. The Morgan fingerprint density at radius 2 is 1.78 bits per heavy atom. The molecular formula is C12H13NO5. The predicted molar refractivity (Wildman–Crippen MR) is 62.2 cm³/mol. The first-order valence-electron chi connectivity index (χ1n) is 5.19. The minimum absolute atomic E-state index is 0.271. The van der Waals surface area contributed by atoms with Crippen LogP contribution in [0.3, 0.4) is 0 Å². The number of carbonyl (C=O) groups excluding carboxylic acids is 1. The zero-order valence-corrected chi connectivity index (χ0v) is 9.97. The van der Waals surface area contributed by atoms with Crippen molar-refractivity contribution in [2.24, 2.45) is 5.73 Å². The van der Waals surface area contributed by atoms with Crippen molar-refractivity contribution < 1.29 is 24.1 Å². The van der Waals surface area contributed by atoms with Crippen LogP contribution in [-0.2, 0) is 9.53 Å².